The van der Waals surface area contributed by atoms with Gasteiger partial charge in [0.1, 0.15) is 18.1 Å². The highest BCUT2D eigenvalue weighted by Crippen LogP contribution is 2.39. The number of rotatable bonds is 7. The van der Waals surface area contributed by atoms with Crippen molar-refractivity contribution in [2.24, 2.45) is 5.73 Å². The number of primary amides is 1. The lowest BCUT2D eigenvalue weighted by atomic mass is 10.1. The van der Waals surface area contributed by atoms with E-state index in [1.165, 1.54) is 18.2 Å². The minimum Gasteiger partial charge on any atom is -0.486 e. The van der Waals surface area contributed by atoms with Crippen LogP contribution in [0.5, 0.6) is 5.75 Å². The predicted molar refractivity (Wildman–Crippen MR) is 123 cm³/mol. The zero-order chi connectivity index (χ0) is 24.4. The fourth-order valence-electron chi connectivity index (χ4n) is 3.82. The quantitative estimate of drug-likeness (QED) is 0.533. The van der Waals surface area contributed by atoms with Gasteiger partial charge in [0.2, 0.25) is 11.9 Å². The van der Waals surface area contributed by atoms with Gasteiger partial charge in [-0.1, -0.05) is 6.07 Å². The van der Waals surface area contributed by atoms with Crippen LogP contribution in [0.4, 0.5) is 30.5 Å². The Hall–Kier alpha value is -3.82. The van der Waals surface area contributed by atoms with Crippen molar-refractivity contribution in [3.05, 3.63) is 59.5 Å². The number of fused-ring (bicyclic) bond motifs is 1. The smallest absolute Gasteiger partial charge is 0.227 e. The van der Waals surface area contributed by atoms with Crippen LogP contribution in [0.1, 0.15) is 25.8 Å². The van der Waals surface area contributed by atoms with E-state index in [1.54, 1.807) is 12.1 Å². The van der Waals surface area contributed by atoms with Crippen molar-refractivity contribution in [2.45, 2.75) is 32.7 Å². The van der Waals surface area contributed by atoms with Gasteiger partial charge in [0, 0.05) is 23.7 Å². The number of amides is 1. The number of aryl methyl sites for hydroxylation is 1. The van der Waals surface area contributed by atoms with Gasteiger partial charge in [-0.25, -0.2) is 23.1 Å². The monoisotopic (exact) mass is 471 g/mol. The number of nitrogens with zero attached hydrogens (tertiary/aromatic N) is 3. The van der Waals surface area contributed by atoms with Crippen molar-refractivity contribution in [1.29, 1.82) is 0 Å². The predicted octanol–water partition coefficient (Wildman–Crippen LogP) is 4.33. The van der Waals surface area contributed by atoms with Gasteiger partial charge >= 0.3 is 0 Å². The number of benzene rings is 2. The van der Waals surface area contributed by atoms with Gasteiger partial charge < -0.3 is 20.7 Å². The molecule has 1 aliphatic heterocycles. The zero-order valence-electron chi connectivity index (χ0n) is 18.7. The number of nitrogens with one attached hydrogen (secondary N) is 1. The van der Waals surface area contributed by atoms with Crippen LogP contribution in [0.15, 0.2) is 36.5 Å². The van der Waals surface area contributed by atoms with Crippen LogP contribution in [-0.4, -0.2) is 35.1 Å². The van der Waals surface area contributed by atoms with Crippen molar-refractivity contribution in [2.75, 3.05) is 23.4 Å². The second kappa shape index (κ2) is 9.58. The van der Waals surface area contributed by atoms with E-state index in [0.717, 1.165) is 6.20 Å². The molecule has 0 unspecified atom stereocenters. The van der Waals surface area contributed by atoms with Crippen LogP contribution in [-0.2, 0) is 11.2 Å². The van der Waals surface area contributed by atoms with Gasteiger partial charge in [-0.3, -0.25) is 4.79 Å². The Morgan fingerprint density at radius 1 is 1.18 bits per heavy atom. The third-order valence-electron chi connectivity index (χ3n) is 5.50. The number of carbonyl (C=O) groups excluding carboxylic acids is 1. The van der Waals surface area contributed by atoms with Crippen LogP contribution in [0.2, 0.25) is 0 Å². The van der Waals surface area contributed by atoms with Gasteiger partial charge in [0.05, 0.1) is 18.4 Å². The summed E-state index contributed by atoms with van der Waals surface area (Å²) < 4.78 is 49.3. The zero-order valence-corrected chi connectivity index (χ0v) is 18.7. The standard InChI is InChI=1S/C24H24F3N5O2/c1-13(2)32-7-8-34-23-18(26)9-15(10-20(23)32)22-19(27)12-29-24(31-22)30-16-5-3-14(17(25)11-16)4-6-21(28)33/h3,5,9-13H,4,6-8H2,1-2H3,(H2,28,33)(H,29,30,31). The van der Waals surface area contributed by atoms with Crippen molar-refractivity contribution < 1.29 is 22.7 Å². The van der Waals surface area contributed by atoms with Crippen molar-refractivity contribution in [3.8, 4) is 17.0 Å². The van der Waals surface area contributed by atoms with Gasteiger partial charge in [-0.2, -0.15) is 0 Å². The summed E-state index contributed by atoms with van der Waals surface area (Å²) in [4.78, 5) is 21.0. The molecule has 4 rings (SSSR count). The number of nitrogens with two attached hydrogens (primary N) is 1. The van der Waals surface area contributed by atoms with Crippen LogP contribution in [0.25, 0.3) is 11.3 Å². The molecule has 178 valence electrons. The van der Waals surface area contributed by atoms with Crippen molar-refractivity contribution >= 4 is 23.2 Å². The molecule has 0 saturated carbocycles. The maximum Gasteiger partial charge on any atom is 0.227 e. The summed E-state index contributed by atoms with van der Waals surface area (Å²) in [5, 5.41) is 2.83. The molecule has 3 aromatic rings. The normalized spacial score (nSPS) is 12.9. The van der Waals surface area contributed by atoms with Crippen LogP contribution >= 0.6 is 0 Å². The van der Waals surface area contributed by atoms with E-state index in [-0.39, 0.29) is 41.8 Å². The Balaban J connectivity index is 1.64. The molecule has 10 heteroatoms. The summed E-state index contributed by atoms with van der Waals surface area (Å²) in [5.41, 5.74) is 6.43. The Morgan fingerprint density at radius 2 is 1.97 bits per heavy atom. The second-order valence-corrected chi connectivity index (χ2v) is 8.23. The number of halogens is 3. The number of hydrogen-bond acceptors (Lipinski definition) is 6. The number of hydrogen-bond donors (Lipinski definition) is 2. The summed E-state index contributed by atoms with van der Waals surface area (Å²) >= 11 is 0. The first-order valence-corrected chi connectivity index (χ1v) is 10.8. The third-order valence-corrected chi connectivity index (χ3v) is 5.50. The van der Waals surface area contributed by atoms with E-state index in [9.17, 15) is 18.0 Å². The maximum absolute atomic E-state index is 14.8. The van der Waals surface area contributed by atoms with Crippen LogP contribution in [0.3, 0.4) is 0 Å². The first kappa shape index (κ1) is 23.3. The molecule has 3 N–H and O–H groups in total. The lowest BCUT2D eigenvalue weighted by Crippen LogP contribution is -2.38. The highest BCUT2D eigenvalue weighted by Gasteiger charge is 2.25. The molecule has 0 saturated heterocycles. The molecular formula is C24H24F3N5O2. The molecule has 1 aromatic heterocycles. The van der Waals surface area contributed by atoms with Crippen LogP contribution in [0, 0.1) is 17.5 Å². The fraction of sp³-hybridized carbons (Fsp3) is 0.292. The lowest BCUT2D eigenvalue weighted by molar-refractivity contribution is -0.118. The van der Waals surface area contributed by atoms with Crippen molar-refractivity contribution in [1.82, 2.24) is 9.97 Å². The molecule has 0 spiro atoms. The average Bonchev–Trinajstić information content (AvgIpc) is 2.79. The van der Waals surface area contributed by atoms with E-state index in [0.29, 0.717) is 30.1 Å². The minimum absolute atomic E-state index is 0.00998. The van der Waals surface area contributed by atoms with Gasteiger partial charge in [-0.15, -0.1) is 0 Å². The topological polar surface area (TPSA) is 93.4 Å². The summed E-state index contributed by atoms with van der Waals surface area (Å²) in [6.07, 6.45) is 1.18. The summed E-state index contributed by atoms with van der Waals surface area (Å²) in [6, 6.07) is 7.22. The summed E-state index contributed by atoms with van der Waals surface area (Å²) in [7, 11) is 0. The van der Waals surface area contributed by atoms with E-state index in [2.05, 4.69) is 15.3 Å². The minimum atomic E-state index is -0.731. The average molecular weight is 471 g/mol. The number of carbonyl (C=O) groups is 1. The molecule has 2 aromatic carbocycles. The van der Waals surface area contributed by atoms with Gasteiger partial charge in [-0.05, 0) is 50.1 Å². The molecule has 1 amide bonds. The van der Waals surface area contributed by atoms with Gasteiger partial charge in [0.15, 0.2) is 17.4 Å². The first-order valence-electron chi connectivity index (χ1n) is 10.8. The fourth-order valence-corrected chi connectivity index (χ4v) is 3.82. The Kier molecular flexibility index (Phi) is 6.58. The molecule has 1 aliphatic rings. The van der Waals surface area contributed by atoms with E-state index in [4.69, 9.17) is 10.5 Å². The second-order valence-electron chi connectivity index (χ2n) is 8.23. The SMILES string of the molecule is CC(C)N1CCOc2c(F)cc(-c3nc(Nc4ccc(CCC(N)=O)c(F)c4)ncc3F)cc21. The molecule has 34 heavy (non-hydrogen) atoms. The molecule has 0 aliphatic carbocycles. The largest absolute Gasteiger partial charge is 0.486 e. The number of aromatic nitrogens is 2. The molecule has 2 heterocycles. The number of anilines is 3. The van der Waals surface area contributed by atoms with E-state index in [1.807, 2.05) is 18.7 Å². The molecule has 0 bridgehead atoms. The molecule has 0 radical (unpaired) electrons. The van der Waals surface area contributed by atoms with Crippen LogP contribution < -0.4 is 20.7 Å². The lowest BCUT2D eigenvalue weighted by Gasteiger charge is -2.34. The molecule has 0 atom stereocenters. The summed E-state index contributed by atoms with van der Waals surface area (Å²) in [6.45, 7) is 4.89. The highest BCUT2D eigenvalue weighted by molar-refractivity contribution is 5.74. The number of ether oxygens (including phenoxy) is 1. The van der Waals surface area contributed by atoms with Gasteiger partial charge in [0.25, 0.3) is 0 Å². The molecular weight excluding hydrogens is 447 g/mol. The Bertz CT molecular complexity index is 1240. The van der Waals surface area contributed by atoms with E-state index < -0.39 is 23.4 Å². The maximum atomic E-state index is 14.8. The molecule has 0 fully saturated rings. The first-order chi connectivity index (χ1) is 16.2. The summed E-state index contributed by atoms with van der Waals surface area (Å²) in [5.74, 6) is -2.25. The Labute approximate surface area is 194 Å². The third kappa shape index (κ3) is 4.90. The van der Waals surface area contributed by atoms with E-state index >= 15 is 0 Å². The highest BCUT2D eigenvalue weighted by atomic mass is 19.1. The Morgan fingerprint density at radius 3 is 2.68 bits per heavy atom. The van der Waals surface area contributed by atoms with Crippen molar-refractivity contribution in [3.63, 3.8) is 0 Å². The molecule has 7 nitrogen and oxygen atoms in total.